The van der Waals surface area contributed by atoms with Crippen LogP contribution >= 0.6 is 15.9 Å². The van der Waals surface area contributed by atoms with Crippen molar-refractivity contribution in [2.75, 3.05) is 12.0 Å². The van der Waals surface area contributed by atoms with Crippen LogP contribution in [0.15, 0.2) is 6.20 Å². The number of hydrogen-bond acceptors (Lipinski definition) is 2. The molecular formula is C7H11BrFN3. The number of halogens is 2. The van der Waals surface area contributed by atoms with E-state index in [1.165, 1.54) is 0 Å². The van der Waals surface area contributed by atoms with Crippen molar-refractivity contribution in [3.05, 3.63) is 11.9 Å². The van der Waals surface area contributed by atoms with Crippen LogP contribution in [0.4, 0.5) is 4.39 Å². The Kier molecular flexibility index (Phi) is 4.21. The van der Waals surface area contributed by atoms with Gasteiger partial charge in [-0.05, 0) is 6.42 Å². The number of nitrogens with zero attached hydrogens (tertiary/aromatic N) is 3. The Labute approximate surface area is 79.1 Å². The van der Waals surface area contributed by atoms with Gasteiger partial charge < -0.3 is 0 Å². The highest BCUT2D eigenvalue weighted by Crippen LogP contribution is 1.98. The molecular weight excluding hydrogens is 225 g/mol. The van der Waals surface area contributed by atoms with Crippen molar-refractivity contribution < 1.29 is 4.39 Å². The monoisotopic (exact) mass is 235 g/mol. The Morgan fingerprint density at radius 2 is 2.42 bits per heavy atom. The van der Waals surface area contributed by atoms with E-state index in [4.69, 9.17) is 0 Å². The fourth-order valence-corrected chi connectivity index (χ4v) is 1.29. The number of hydrogen-bond donors (Lipinski definition) is 0. The Balaban J connectivity index is 2.41. The quantitative estimate of drug-likeness (QED) is 0.726. The van der Waals surface area contributed by atoms with E-state index in [9.17, 15) is 4.39 Å². The van der Waals surface area contributed by atoms with E-state index >= 15 is 0 Å². The zero-order valence-corrected chi connectivity index (χ0v) is 8.30. The standard InChI is InChI=1S/C7H11BrFN3/c8-3-2-7-6-12(11-10-7)5-1-4-9/h6H,1-5H2. The van der Waals surface area contributed by atoms with Gasteiger partial charge in [-0.2, -0.15) is 0 Å². The molecule has 0 fully saturated rings. The molecule has 0 unspecified atom stereocenters. The molecule has 0 atom stereocenters. The van der Waals surface area contributed by atoms with Crippen molar-refractivity contribution in [3.8, 4) is 0 Å². The van der Waals surface area contributed by atoms with Gasteiger partial charge in [-0.25, -0.2) is 0 Å². The maximum Gasteiger partial charge on any atom is 0.0912 e. The molecule has 5 heteroatoms. The highest BCUT2D eigenvalue weighted by molar-refractivity contribution is 9.09. The van der Waals surface area contributed by atoms with Crippen LogP contribution in [0.25, 0.3) is 0 Å². The first-order chi connectivity index (χ1) is 5.86. The molecule has 1 aromatic heterocycles. The Morgan fingerprint density at radius 1 is 1.58 bits per heavy atom. The highest BCUT2D eigenvalue weighted by Gasteiger charge is 1.98. The lowest BCUT2D eigenvalue weighted by atomic mass is 10.4. The Morgan fingerprint density at radius 3 is 3.08 bits per heavy atom. The molecule has 1 aromatic rings. The second-order valence-corrected chi connectivity index (χ2v) is 3.25. The molecule has 0 aliphatic rings. The van der Waals surface area contributed by atoms with Gasteiger partial charge in [0.25, 0.3) is 0 Å². The lowest BCUT2D eigenvalue weighted by Crippen LogP contribution is -1.99. The normalized spacial score (nSPS) is 10.5. The van der Waals surface area contributed by atoms with Gasteiger partial charge in [0.05, 0.1) is 12.4 Å². The smallest absolute Gasteiger partial charge is 0.0912 e. The fraction of sp³-hybridized carbons (Fsp3) is 0.714. The summed E-state index contributed by atoms with van der Waals surface area (Å²) < 4.78 is 13.4. The van der Waals surface area contributed by atoms with Gasteiger partial charge in [0, 0.05) is 24.5 Å². The molecule has 0 saturated carbocycles. The van der Waals surface area contributed by atoms with E-state index in [-0.39, 0.29) is 6.67 Å². The summed E-state index contributed by atoms with van der Waals surface area (Å²) in [5.41, 5.74) is 0.950. The molecule has 0 aromatic carbocycles. The maximum absolute atomic E-state index is 11.8. The van der Waals surface area contributed by atoms with Crippen LogP contribution in [0.1, 0.15) is 12.1 Å². The van der Waals surface area contributed by atoms with E-state index in [0.717, 1.165) is 17.4 Å². The van der Waals surface area contributed by atoms with E-state index in [0.29, 0.717) is 13.0 Å². The summed E-state index contributed by atoms with van der Waals surface area (Å²) in [6.07, 6.45) is 3.24. The molecule has 1 rings (SSSR count). The van der Waals surface area contributed by atoms with Crippen LogP contribution < -0.4 is 0 Å². The van der Waals surface area contributed by atoms with E-state index in [1.807, 2.05) is 6.20 Å². The number of rotatable bonds is 5. The zero-order valence-electron chi connectivity index (χ0n) is 6.71. The Hall–Kier alpha value is -0.450. The fourth-order valence-electron chi connectivity index (χ4n) is 0.881. The van der Waals surface area contributed by atoms with Crippen molar-refractivity contribution in [1.29, 1.82) is 0 Å². The van der Waals surface area contributed by atoms with Gasteiger partial charge >= 0.3 is 0 Å². The summed E-state index contributed by atoms with van der Waals surface area (Å²) in [7, 11) is 0. The number of aryl methyl sites for hydroxylation is 2. The van der Waals surface area contributed by atoms with Gasteiger partial charge in [-0.3, -0.25) is 9.07 Å². The van der Waals surface area contributed by atoms with E-state index < -0.39 is 0 Å². The second kappa shape index (κ2) is 5.24. The third-order valence-electron chi connectivity index (χ3n) is 1.46. The minimum Gasteiger partial charge on any atom is -0.252 e. The van der Waals surface area contributed by atoms with E-state index in [2.05, 4.69) is 26.2 Å². The zero-order chi connectivity index (χ0) is 8.81. The Bertz CT molecular complexity index is 226. The van der Waals surface area contributed by atoms with Crippen molar-refractivity contribution in [2.45, 2.75) is 19.4 Å². The van der Waals surface area contributed by atoms with Crippen LogP contribution in [0.5, 0.6) is 0 Å². The molecule has 12 heavy (non-hydrogen) atoms. The third kappa shape index (κ3) is 2.89. The number of alkyl halides is 2. The third-order valence-corrected chi connectivity index (χ3v) is 1.85. The minimum absolute atomic E-state index is 0.298. The lowest BCUT2D eigenvalue weighted by Gasteiger charge is -1.93. The van der Waals surface area contributed by atoms with Gasteiger partial charge in [-0.1, -0.05) is 21.1 Å². The first-order valence-corrected chi connectivity index (χ1v) is 5.00. The molecule has 0 amide bonds. The van der Waals surface area contributed by atoms with Crippen LogP contribution in [-0.4, -0.2) is 27.0 Å². The summed E-state index contributed by atoms with van der Waals surface area (Å²) in [6.45, 7) is 0.319. The van der Waals surface area contributed by atoms with Crippen molar-refractivity contribution in [1.82, 2.24) is 15.0 Å². The molecule has 3 nitrogen and oxygen atoms in total. The molecule has 0 spiro atoms. The summed E-state index contributed by atoms with van der Waals surface area (Å²) in [6, 6.07) is 0. The summed E-state index contributed by atoms with van der Waals surface area (Å²) in [5, 5.41) is 8.65. The average Bonchev–Trinajstić information content (AvgIpc) is 2.50. The summed E-state index contributed by atoms with van der Waals surface area (Å²) in [5.74, 6) is 0. The summed E-state index contributed by atoms with van der Waals surface area (Å²) >= 11 is 3.31. The SMILES string of the molecule is FCCCn1cc(CCBr)nn1. The maximum atomic E-state index is 11.8. The van der Waals surface area contributed by atoms with Gasteiger partial charge in [0.15, 0.2) is 0 Å². The van der Waals surface area contributed by atoms with Gasteiger partial charge in [0.2, 0.25) is 0 Å². The summed E-state index contributed by atoms with van der Waals surface area (Å²) in [4.78, 5) is 0. The largest absolute Gasteiger partial charge is 0.252 e. The molecule has 0 aliphatic heterocycles. The first-order valence-electron chi connectivity index (χ1n) is 3.87. The topological polar surface area (TPSA) is 30.7 Å². The minimum atomic E-state index is -0.298. The van der Waals surface area contributed by atoms with Crippen molar-refractivity contribution >= 4 is 15.9 Å². The van der Waals surface area contributed by atoms with Crippen LogP contribution in [0.2, 0.25) is 0 Å². The average molecular weight is 236 g/mol. The molecule has 0 bridgehead atoms. The molecule has 0 N–H and O–H groups in total. The van der Waals surface area contributed by atoms with Crippen molar-refractivity contribution in [2.24, 2.45) is 0 Å². The molecule has 0 saturated heterocycles. The van der Waals surface area contributed by atoms with Gasteiger partial charge in [0.1, 0.15) is 0 Å². The number of aromatic nitrogens is 3. The predicted octanol–water partition coefficient (Wildman–Crippen LogP) is 1.58. The van der Waals surface area contributed by atoms with Gasteiger partial charge in [-0.15, -0.1) is 5.10 Å². The van der Waals surface area contributed by atoms with Crippen molar-refractivity contribution in [3.63, 3.8) is 0 Å². The predicted molar refractivity (Wildman–Crippen MR) is 48.1 cm³/mol. The molecule has 0 aliphatic carbocycles. The molecule has 1 heterocycles. The van der Waals surface area contributed by atoms with Crippen LogP contribution in [-0.2, 0) is 13.0 Å². The second-order valence-electron chi connectivity index (χ2n) is 2.45. The molecule has 0 radical (unpaired) electrons. The lowest BCUT2D eigenvalue weighted by molar-refractivity contribution is 0.431. The molecule has 68 valence electrons. The highest BCUT2D eigenvalue weighted by atomic mass is 79.9. The van der Waals surface area contributed by atoms with E-state index in [1.54, 1.807) is 4.68 Å². The van der Waals surface area contributed by atoms with Crippen LogP contribution in [0, 0.1) is 0 Å². The van der Waals surface area contributed by atoms with Crippen LogP contribution in [0.3, 0.4) is 0 Å². The first kappa shape index (κ1) is 9.64.